The van der Waals surface area contributed by atoms with Gasteiger partial charge in [-0.1, -0.05) is 12.1 Å². The van der Waals surface area contributed by atoms with Gasteiger partial charge >= 0.3 is 0 Å². The van der Waals surface area contributed by atoms with Crippen molar-refractivity contribution in [3.63, 3.8) is 0 Å². The lowest BCUT2D eigenvalue weighted by atomic mass is 10.2. The maximum Gasteiger partial charge on any atom is 0.137 e. The van der Waals surface area contributed by atoms with Gasteiger partial charge < -0.3 is 10.1 Å². The number of hydrogen-bond acceptors (Lipinski definition) is 3. The lowest BCUT2D eigenvalue weighted by Gasteiger charge is -2.28. The Bertz CT molecular complexity index is 339. The van der Waals surface area contributed by atoms with Crippen molar-refractivity contribution in [2.45, 2.75) is 6.10 Å². The first-order valence-corrected chi connectivity index (χ1v) is 4.26. The average Bonchev–Trinajstić information content (AvgIpc) is 2.12. The number of nitriles is 1. The van der Waals surface area contributed by atoms with Crippen molar-refractivity contribution >= 4 is 0 Å². The van der Waals surface area contributed by atoms with Crippen molar-refractivity contribution in [3.8, 4) is 11.8 Å². The molecule has 1 heterocycles. The molecular weight excluding hydrogens is 164 g/mol. The molecule has 1 fully saturated rings. The molecule has 1 aliphatic heterocycles. The van der Waals surface area contributed by atoms with E-state index in [9.17, 15) is 0 Å². The summed E-state index contributed by atoms with van der Waals surface area (Å²) >= 11 is 0. The zero-order chi connectivity index (χ0) is 9.10. The molecule has 0 saturated carbocycles. The molecule has 3 heteroatoms. The molecule has 66 valence electrons. The number of ether oxygens (including phenoxy) is 1. The lowest BCUT2D eigenvalue weighted by Crippen LogP contribution is -2.50. The van der Waals surface area contributed by atoms with E-state index in [1.54, 1.807) is 6.07 Å². The minimum Gasteiger partial charge on any atom is -0.486 e. The summed E-state index contributed by atoms with van der Waals surface area (Å²) in [4.78, 5) is 0. The molecule has 0 atom stereocenters. The van der Waals surface area contributed by atoms with E-state index in [2.05, 4.69) is 11.4 Å². The number of rotatable bonds is 2. The van der Waals surface area contributed by atoms with Gasteiger partial charge in [-0.15, -0.1) is 0 Å². The first-order chi connectivity index (χ1) is 6.40. The minimum atomic E-state index is 0.231. The number of nitrogens with zero attached hydrogens (tertiary/aromatic N) is 1. The molecule has 0 aliphatic carbocycles. The Balaban J connectivity index is 2.14. The summed E-state index contributed by atoms with van der Waals surface area (Å²) in [6.45, 7) is 1.75. The molecule has 1 N–H and O–H groups in total. The van der Waals surface area contributed by atoms with E-state index in [1.807, 2.05) is 18.2 Å². The zero-order valence-corrected chi connectivity index (χ0v) is 7.16. The van der Waals surface area contributed by atoms with Crippen LogP contribution in [-0.2, 0) is 0 Å². The van der Waals surface area contributed by atoms with Gasteiger partial charge in [0, 0.05) is 13.1 Å². The van der Waals surface area contributed by atoms with Gasteiger partial charge in [-0.25, -0.2) is 0 Å². The number of benzene rings is 1. The fourth-order valence-electron chi connectivity index (χ4n) is 1.19. The number of hydrogen-bond donors (Lipinski definition) is 1. The van der Waals surface area contributed by atoms with Crippen molar-refractivity contribution < 1.29 is 4.74 Å². The van der Waals surface area contributed by atoms with Crippen LogP contribution in [0, 0.1) is 11.3 Å². The van der Waals surface area contributed by atoms with Crippen molar-refractivity contribution in [1.29, 1.82) is 5.26 Å². The second-order valence-corrected chi connectivity index (χ2v) is 3.01. The van der Waals surface area contributed by atoms with Crippen molar-refractivity contribution in [1.82, 2.24) is 5.32 Å². The van der Waals surface area contributed by atoms with Gasteiger partial charge in [-0.3, -0.25) is 0 Å². The van der Waals surface area contributed by atoms with E-state index in [-0.39, 0.29) is 6.10 Å². The quantitative estimate of drug-likeness (QED) is 0.724. The molecular formula is C10H10N2O. The van der Waals surface area contributed by atoms with Crippen LogP contribution in [0.3, 0.4) is 0 Å². The fraction of sp³-hybridized carbons (Fsp3) is 0.300. The second kappa shape index (κ2) is 3.46. The normalized spacial score (nSPS) is 15.9. The summed E-state index contributed by atoms with van der Waals surface area (Å²) in [5.74, 6) is 0.691. The molecule has 1 saturated heterocycles. The number of nitrogens with one attached hydrogen (secondary N) is 1. The minimum absolute atomic E-state index is 0.231. The van der Waals surface area contributed by atoms with E-state index in [1.165, 1.54) is 0 Å². The first-order valence-electron chi connectivity index (χ1n) is 4.26. The molecule has 1 aromatic carbocycles. The highest BCUT2D eigenvalue weighted by Crippen LogP contribution is 2.18. The maximum absolute atomic E-state index is 8.78. The Labute approximate surface area is 76.9 Å². The molecule has 0 radical (unpaired) electrons. The monoisotopic (exact) mass is 174 g/mol. The van der Waals surface area contributed by atoms with Gasteiger partial charge in [0.25, 0.3) is 0 Å². The predicted molar refractivity (Wildman–Crippen MR) is 48.4 cm³/mol. The standard InChI is InChI=1S/C10H10N2O/c11-5-8-3-1-2-4-10(8)13-9-6-12-7-9/h1-4,9,12H,6-7H2. The number of para-hydroxylation sites is 1. The van der Waals surface area contributed by atoms with E-state index < -0.39 is 0 Å². The van der Waals surface area contributed by atoms with Gasteiger partial charge in [0.1, 0.15) is 17.9 Å². The average molecular weight is 174 g/mol. The molecule has 0 amide bonds. The highest BCUT2D eigenvalue weighted by Gasteiger charge is 2.19. The molecule has 3 nitrogen and oxygen atoms in total. The Kier molecular flexibility index (Phi) is 2.15. The van der Waals surface area contributed by atoms with Crippen LogP contribution in [0.15, 0.2) is 24.3 Å². The zero-order valence-electron chi connectivity index (χ0n) is 7.16. The summed E-state index contributed by atoms with van der Waals surface area (Å²) in [6.07, 6.45) is 0.231. The van der Waals surface area contributed by atoms with Gasteiger partial charge in [0.15, 0.2) is 0 Å². The van der Waals surface area contributed by atoms with Gasteiger partial charge in [-0.05, 0) is 12.1 Å². The molecule has 13 heavy (non-hydrogen) atoms. The highest BCUT2D eigenvalue weighted by atomic mass is 16.5. The van der Waals surface area contributed by atoms with Gasteiger partial charge in [0.2, 0.25) is 0 Å². The van der Waals surface area contributed by atoms with Crippen LogP contribution in [0.5, 0.6) is 5.75 Å². The van der Waals surface area contributed by atoms with E-state index >= 15 is 0 Å². The summed E-state index contributed by atoms with van der Waals surface area (Å²) in [5.41, 5.74) is 0.606. The SMILES string of the molecule is N#Cc1ccccc1OC1CNC1. The molecule has 0 spiro atoms. The Morgan fingerprint density at radius 3 is 2.77 bits per heavy atom. The second-order valence-electron chi connectivity index (χ2n) is 3.01. The van der Waals surface area contributed by atoms with Crippen LogP contribution in [-0.4, -0.2) is 19.2 Å². The van der Waals surface area contributed by atoms with Crippen molar-refractivity contribution in [2.24, 2.45) is 0 Å². The molecule has 1 aromatic rings. The smallest absolute Gasteiger partial charge is 0.137 e. The molecule has 1 aliphatic rings. The molecule has 0 bridgehead atoms. The summed E-state index contributed by atoms with van der Waals surface area (Å²) < 4.78 is 5.59. The highest BCUT2D eigenvalue weighted by molar-refractivity contribution is 5.42. The third-order valence-corrected chi connectivity index (χ3v) is 2.05. The van der Waals surface area contributed by atoms with Crippen LogP contribution < -0.4 is 10.1 Å². The Hall–Kier alpha value is -1.53. The Morgan fingerprint density at radius 1 is 1.38 bits per heavy atom. The summed E-state index contributed by atoms with van der Waals surface area (Å²) in [5, 5.41) is 11.9. The topological polar surface area (TPSA) is 45.0 Å². The van der Waals surface area contributed by atoms with E-state index in [4.69, 9.17) is 10.00 Å². The van der Waals surface area contributed by atoms with Crippen LogP contribution in [0.25, 0.3) is 0 Å². The predicted octanol–water partition coefficient (Wildman–Crippen LogP) is 0.909. The van der Waals surface area contributed by atoms with Gasteiger partial charge in [-0.2, -0.15) is 5.26 Å². The van der Waals surface area contributed by atoms with Crippen LogP contribution in [0.1, 0.15) is 5.56 Å². The maximum atomic E-state index is 8.78. The van der Waals surface area contributed by atoms with Gasteiger partial charge in [0.05, 0.1) is 5.56 Å². The largest absolute Gasteiger partial charge is 0.486 e. The van der Waals surface area contributed by atoms with Crippen LogP contribution in [0.2, 0.25) is 0 Å². The molecule has 0 aromatic heterocycles. The lowest BCUT2D eigenvalue weighted by molar-refractivity contribution is 0.142. The summed E-state index contributed by atoms with van der Waals surface area (Å²) in [7, 11) is 0. The van der Waals surface area contributed by atoms with E-state index in [0.717, 1.165) is 13.1 Å². The fourth-order valence-corrected chi connectivity index (χ4v) is 1.19. The molecule has 0 unspecified atom stereocenters. The van der Waals surface area contributed by atoms with E-state index in [0.29, 0.717) is 11.3 Å². The third kappa shape index (κ3) is 1.63. The van der Waals surface area contributed by atoms with Crippen molar-refractivity contribution in [3.05, 3.63) is 29.8 Å². The molecule has 2 rings (SSSR count). The Morgan fingerprint density at radius 2 is 2.15 bits per heavy atom. The summed E-state index contributed by atoms with van der Waals surface area (Å²) in [6, 6.07) is 9.41. The van der Waals surface area contributed by atoms with Crippen LogP contribution in [0.4, 0.5) is 0 Å². The van der Waals surface area contributed by atoms with Crippen molar-refractivity contribution in [2.75, 3.05) is 13.1 Å². The van der Waals surface area contributed by atoms with Crippen LogP contribution >= 0.6 is 0 Å². The third-order valence-electron chi connectivity index (χ3n) is 2.05. The first kappa shape index (κ1) is 8.09.